The Morgan fingerprint density at radius 2 is 1.74 bits per heavy atom. The number of anilines is 2. The minimum Gasteiger partial charge on any atom is -0.326 e. The molecule has 2 amide bonds. The topological polar surface area (TPSA) is 70.2 Å². The minimum atomic E-state index is -0.161. The summed E-state index contributed by atoms with van der Waals surface area (Å²) in [5.74, 6) is 0.454. The van der Waals surface area contributed by atoms with E-state index in [-0.39, 0.29) is 24.2 Å². The van der Waals surface area contributed by atoms with Crippen LogP contribution in [0.1, 0.15) is 35.2 Å². The van der Waals surface area contributed by atoms with Gasteiger partial charge in [-0.3, -0.25) is 9.59 Å². The van der Waals surface area contributed by atoms with Crippen LogP contribution in [0.5, 0.6) is 0 Å². The quantitative estimate of drug-likeness (QED) is 0.701. The van der Waals surface area contributed by atoms with Crippen molar-refractivity contribution in [1.82, 2.24) is 5.32 Å². The van der Waals surface area contributed by atoms with E-state index >= 15 is 0 Å². The molecule has 144 valence electrons. The van der Waals surface area contributed by atoms with Crippen molar-refractivity contribution in [2.75, 3.05) is 23.7 Å². The first kappa shape index (κ1) is 20.9. The molecule has 2 aromatic carbocycles. The summed E-state index contributed by atoms with van der Waals surface area (Å²) in [4.78, 5) is 24.6. The summed E-state index contributed by atoms with van der Waals surface area (Å²) in [5.41, 5.74) is 2.90. The van der Waals surface area contributed by atoms with E-state index in [1.165, 1.54) is 0 Å². The van der Waals surface area contributed by atoms with E-state index in [2.05, 4.69) is 16.0 Å². The van der Waals surface area contributed by atoms with Crippen molar-refractivity contribution in [3.63, 3.8) is 0 Å². The van der Waals surface area contributed by atoms with E-state index in [1.807, 2.05) is 43.3 Å². The molecule has 3 N–H and O–H groups in total. The SMILES string of the molecule is Cc1c(NC(=O)CCC2CCNC2)cccc1NC(=O)c1ccccc1.Cl. The molecule has 1 atom stereocenters. The lowest BCUT2D eigenvalue weighted by molar-refractivity contribution is -0.116. The highest BCUT2D eigenvalue weighted by molar-refractivity contribution is 6.05. The molecule has 0 aliphatic carbocycles. The Bertz CT molecular complexity index is 774. The summed E-state index contributed by atoms with van der Waals surface area (Å²) in [6.07, 6.45) is 2.57. The van der Waals surface area contributed by atoms with Crippen LogP contribution in [0.2, 0.25) is 0 Å². The fourth-order valence-electron chi connectivity index (χ4n) is 3.20. The van der Waals surface area contributed by atoms with Crippen molar-refractivity contribution in [3.8, 4) is 0 Å². The maximum absolute atomic E-state index is 12.3. The lowest BCUT2D eigenvalue weighted by Crippen LogP contribution is -2.17. The Balaban J connectivity index is 0.00000261. The summed E-state index contributed by atoms with van der Waals surface area (Å²) in [7, 11) is 0. The smallest absolute Gasteiger partial charge is 0.255 e. The molecule has 1 aliphatic rings. The van der Waals surface area contributed by atoms with Crippen molar-refractivity contribution in [3.05, 3.63) is 59.7 Å². The molecule has 1 aliphatic heterocycles. The third kappa shape index (κ3) is 5.81. The van der Waals surface area contributed by atoms with Gasteiger partial charge in [0.2, 0.25) is 5.91 Å². The van der Waals surface area contributed by atoms with Gasteiger partial charge >= 0.3 is 0 Å². The van der Waals surface area contributed by atoms with E-state index in [9.17, 15) is 9.59 Å². The monoisotopic (exact) mass is 387 g/mol. The van der Waals surface area contributed by atoms with Gasteiger partial charge in [-0.1, -0.05) is 24.3 Å². The first-order valence-electron chi connectivity index (χ1n) is 9.10. The lowest BCUT2D eigenvalue weighted by Gasteiger charge is -2.14. The van der Waals surface area contributed by atoms with Gasteiger partial charge in [0, 0.05) is 23.4 Å². The number of nitrogens with one attached hydrogen (secondary N) is 3. The van der Waals surface area contributed by atoms with Crippen LogP contribution in [0.25, 0.3) is 0 Å². The molecule has 0 bridgehead atoms. The van der Waals surface area contributed by atoms with Gasteiger partial charge in [-0.25, -0.2) is 0 Å². The highest BCUT2D eigenvalue weighted by Gasteiger charge is 2.16. The van der Waals surface area contributed by atoms with Crippen LogP contribution in [0.3, 0.4) is 0 Å². The number of hydrogen-bond donors (Lipinski definition) is 3. The van der Waals surface area contributed by atoms with Gasteiger partial charge in [-0.05, 0) is 68.6 Å². The number of halogens is 1. The van der Waals surface area contributed by atoms with Crippen LogP contribution >= 0.6 is 12.4 Å². The van der Waals surface area contributed by atoms with Gasteiger partial charge in [-0.15, -0.1) is 12.4 Å². The summed E-state index contributed by atoms with van der Waals surface area (Å²) < 4.78 is 0. The van der Waals surface area contributed by atoms with E-state index < -0.39 is 0 Å². The van der Waals surface area contributed by atoms with Gasteiger partial charge in [0.1, 0.15) is 0 Å². The number of hydrogen-bond acceptors (Lipinski definition) is 3. The molecule has 0 radical (unpaired) electrons. The van der Waals surface area contributed by atoms with Crippen LogP contribution in [-0.2, 0) is 4.79 Å². The Morgan fingerprint density at radius 3 is 2.41 bits per heavy atom. The number of benzene rings is 2. The zero-order valence-corrected chi connectivity index (χ0v) is 16.3. The number of amides is 2. The zero-order valence-electron chi connectivity index (χ0n) is 15.5. The van der Waals surface area contributed by atoms with Gasteiger partial charge in [0.25, 0.3) is 5.91 Å². The molecule has 0 spiro atoms. The largest absolute Gasteiger partial charge is 0.326 e. The molecule has 0 aromatic heterocycles. The maximum atomic E-state index is 12.3. The first-order valence-corrected chi connectivity index (χ1v) is 9.10. The molecule has 27 heavy (non-hydrogen) atoms. The molecule has 6 heteroatoms. The molecule has 1 fully saturated rings. The van der Waals surface area contributed by atoms with Gasteiger partial charge in [0.15, 0.2) is 0 Å². The maximum Gasteiger partial charge on any atom is 0.255 e. The number of rotatable bonds is 6. The standard InChI is InChI=1S/C21H25N3O2.ClH/c1-15-18(23-20(25)11-10-16-12-13-22-14-16)8-5-9-19(15)24-21(26)17-6-3-2-4-7-17;/h2-9,16,22H,10-14H2,1H3,(H,23,25)(H,24,26);1H. The van der Waals surface area contributed by atoms with Gasteiger partial charge < -0.3 is 16.0 Å². The van der Waals surface area contributed by atoms with Gasteiger partial charge in [-0.2, -0.15) is 0 Å². The Labute approximate surface area is 166 Å². The van der Waals surface area contributed by atoms with Crippen molar-refractivity contribution in [2.24, 2.45) is 5.92 Å². The Morgan fingerprint density at radius 1 is 1.04 bits per heavy atom. The molecule has 1 saturated heterocycles. The highest BCUT2D eigenvalue weighted by atomic mass is 35.5. The molecule has 0 saturated carbocycles. The summed E-state index contributed by atoms with van der Waals surface area (Å²) in [6.45, 7) is 3.96. The van der Waals surface area contributed by atoms with Crippen LogP contribution in [0.4, 0.5) is 11.4 Å². The van der Waals surface area contributed by atoms with Crippen molar-refractivity contribution < 1.29 is 9.59 Å². The molecule has 1 unspecified atom stereocenters. The molecule has 1 heterocycles. The summed E-state index contributed by atoms with van der Waals surface area (Å²) >= 11 is 0. The third-order valence-electron chi connectivity index (χ3n) is 4.83. The average molecular weight is 388 g/mol. The summed E-state index contributed by atoms with van der Waals surface area (Å²) in [6, 6.07) is 14.6. The van der Waals surface area contributed by atoms with Crippen molar-refractivity contribution >= 4 is 35.6 Å². The second kappa shape index (κ2) is 10.1. The average Bonchev–Trinajstić information content (AvgIpc) is 3.17. The normalized spacial score (nSPS) is 15.7. The first-order chi connectivity index (χ1) is 12.6. The molecular formula is C21H26ClN3O2. The Kier molecular flexibility index (Phi) is 7.82. The van der Waals surface area contributed by atoms with E-state index in [1.54, 1.807) is 12.1 Å². The highest BCUT2D eigenvalue weighted by Crippen LogP contribution is 2.24. The predicted molar refractivity (Wildman–Crippen MR) is 112 cm³/mol. The molecule has 2 aromatic rings. The van der Waals surface area contributed by atoms with Crippen molar-refractivity contribution in [1.29, 1.82) is 0 Å². The fraction of sp³-hybridized carbons (Fsp3) is 0.333. The van der Waals surface area contributed by atoms with Gasteiger partial charge in [0.05, 0.1) is 0 Å². The molecule has 5 nitrogen and oxygen atoms in total. The van der Waals surface area contributed by atoms with Crippen LogP contribution in [-0.4, -0.2) is 24.9 Å². The predicted octanol–water partition coefficient (Wildman–Crippen LogP) is 4.00. The second-order valence-corrected chi connectivity index (χ2v) is 6.74. The molecule has 3 rings (SSSR count). The summed E-state index contributed by atoms with van der Waals surface area (Å²) in [5, 5.41) is 9.22. The van der Waals surface area contributed by atoms with Crippen LogP contribution in [0.15, 0.2) is 48.5 Å². The second-order valence-electron chi connectivity index (χ2n) is 6.74. The lowest BCUT2D eigenvalue weighted by atomic mass is 10.0. The minimum absolute atomic E-state index is 0. The molecular weight excluding hydrogens is 362 g/mol. The van der Waals surface area contributed by atoms with Crippen LogP contribution in [0, 0.1) is 12.8 Å². The van der Waals surface area contributed by atoms with Crippen LogP contribution < -0.4 is 16.0 Å². The van der Waals surface area contributed by atoms with E-state index in [4.69, 9.17) is 0 Å². The number of carbonyl (C=O) groups excluding carboxylic acids is 2. The third-order valence-corrected chi connectivity index (χ3v) is 4.83. The number of carbonyl (C=O) groups is 2. The fourth-order valence-corrected chi connectivity index (χ4v) is 3.20. The Hall–Kier alpha value is -2.37. The van der Waals surface area contributed by atoms with E-state index in [0.717, 1.165) is 37.2 Å². The van der Waals surface area contributed by atoms with E-state index in [0.29, 0.717) is 23.6 Å². The van der Waals surface area contributed by atoms with Crippen molar-refractivity contribution in [2.45, 2.75) is 26.2 Å². The zero-order chi connectivity index (χ0) is 18.4.